The molecule has 0 aromatic heterocycles. The first-order valence-electron chi connectivity index (χ1n) is 5.90. The minimum Gasteiger partial charge on any atom is -0.374 e. The Morgan fingerprint density at radius 1 is 1.10 bits per heavy atom. The van der Waals surface area contributed by atoms with Crippen molar-refractivity contribution in [1.82, 2.24) is 0 Å². The van der Waals surface area contributed by atoms with Crippen LogP contribution < -0.4 is 10.6 Å². The van der Waals surface area contributed by atoms with E-state index in [1.165, 1.54) is 0 Å². The summed E-state index contributed by atoms with van der Waals surface area (Å²) in [6.07, 6.45) is 0. The van der Waals surface area contributed by atoms with Crippen molar-refractivity contribution in [3.8, 4) is 0 Å². The van der Waals surface area contributed by atoms with Crippen LogP contribution in [-0.4, -0.2) is 12.5 Å². The molecule has 1 amide bonds. The van der Waals surface area contributed by atoms with Gasteiger partial charge in [-0.25, -0.2) is 0 Å². The number of rotatable bonds is 4. The lowest BCUT2D eigenvalue weighted by Crippen LogP contribution is -2.22. The Kier molecular flexibility index (Phi) is 5.76. The van der Waals surface area contributed by atoms with Crippen molar-refractivity contribution in [2.24, 2.45) is 0 Å². The van der Waals surface area contributed by atoms with Crippen LogP contribution in [0.1, 0.15) is 0 Å². The average molecular weight is 409 g/mol. The van der Waals surface area contributed by atoms with Crippen molar-refractivity contribution in [2.45, 2.75) is 0 Å². The molecule has 0 fully saturated rings. The van der Waals surface area contributed by atoms with Crippen molar-refractivity contribution < 1.29 is 4.79 Å². The average Bonchev–Trinajstić information content (AvgIpc) is 2.40. The summed E-state index contributed by atoms with van der Waals surface area (Å²) in [6, 6.07) is 10.5. The molecule has 2 aromatic carbocycles. The predicted octanol–water partition coefficient (Wildman–Crippen LogP) is 5.46. The van der Waals surface area contributed by atoms with E-state index >= 15 is 0 Å². The number of halogens is 4. The standard InChI is InChI=1S/C14H10BrCl3N2O/c15-9-3-1-2-4-12(9)20-13(21)7-19-14-10(17)5-8(16)6-11(14)18/h1-6,19H,7H2,(H,20,21). The van der Waals surface area contributed by atoms with Crippen LogP contribution in [0.3, 0.4) is 0 Å². The van der Waals surface area contributed by atoms with Gasteiger partial charge in [0.1, 0.15) is 0 Å². The summed E-state index contributed by atoms with van der Waals surface area (Å²) in [5.41, 5.74) is 1.17. The maximum absolute atomic E-state index is 11.9. The minimum absolute atomic E-state index is 0.0302. The Hall–Kier alpha value is -0.940. The monoisotopic (exact) mass is 406 g/mol. The molecule has 0 aliphatic carbocycles. The van der Waals surface area contributed by atoms with E-state index < -0.39 is 0 Å². The van der Waals surface area contributed by atoms with Gasteiger partial charge in [0.2, 0.25) is 5.91 Å². The second-order valence-corrected chi connectivity index (χ2v) is 6.23. The second kappa shape index (κ2) is 7.36. The third kappa shape index (κ3) is 4.51. The van der Waals surface area contributed by atoms with Crippen molar-refractivity contribution >= 4 is 68.0 Å². The molecule has 0 heterocycles. The third-order valence-electron chi connectivity index (χ3n) is 2.58. The number of hydrogen-bond acceptors (Lipinski definition) is 2. The number of benzene rings is 2. The first kappa shape index (κ1) is 16.4. The molecule has 0 aliphatic heterocycles. The molecule has 110 valence electrons. The van der Waals surface area contributed by atoms with E-state index in [9.17, 15) is 4.79 Å². The minimum atomic E-state index is -0.219. The van der Waals surface area contributed by atoms with Gasteiger partial charge in [-0.05, 0) is 40.2 Å². The Balaban J connectivity index is 2.01. The highest BCUT2D eigenvalue weighted by Gasteiger charge is 2.10. The molecule has 0 aliphatic rings. The maximum Gasteiger partial charge on any atom is 0.243 e. The highest BCUT2D eigenvalue weighted by Crippen LogP contribution is 2.33. The van der Waals surface area contributed by atoms with Crippen LogP contribution in [0.15, 0.2) is 40.9 Å². The molecule has 0 atom stereocenters. The lowest BCUT2D eigenvalue weighted by atomic mass is 10.3. The summed E-state index contributed by atoms with van der Waals surface area (Å²) in [5.74, 6) is -0.219. The highest BCUT2D eigenvalue weighted by molar-refractivity contribution is 9.10. The van der Waals surface area contributed by atoms with Crippen LogP contribution in [-0.2, 0) is 4.79 Å². The molecular weight excluding hydrogens is 398 g/mol. The molecule has 0 spiro atoms. The highest BCUT2D eigenvalue weighted by atomic mass is 79.9. The smallest absolute Gasteiger partial charge is 0.243 e. The Bertz CT molecular complexity index is 656. The van der Waals surface area contributed by atoms with Gasteiger partial charge in [-0.15, -0.1) is 0 Å². The fraction of sp³-hybridized carbons (Fsp3) is 0.0714. The first-order chi connectivity index (χ1) is 9.97. The van der Waals surface area contributed by atoms with Gasteiger partial charge in [-0.1, -0.05) is 46.9 Å². The summed E-state index contributed by atoms with van der Waals surface area (Å²) >= 11 is 21.3. The van der Waals surface area contributed by atoms with E-state index in [0.717, 1.165) is 4.47 Å². The molecule has 7 heteroatoms. The lowest BCUT2D eigenvalue weighted by Gasteiger charge is -2.11. The number of amides is 1. The molecule has 0 saturated carbocycles. The molecule has 0 saturated heterocycles. The van der Waals surface area contributed by atoms with Gasteiger partial charge >= 0.3 is 0 Å². The predicted molar refractivity (Wildman–Crippen MR) is 92.7 cm³/mol. The lowest BCUT2D eigenvalue weighted by molar-refractivity contribution is -0.114. The molecular formula is C14H10BrCl3N2O. The Morgan fingerprint density at radius 3 is 2.33 bits per heavy atom. The van der Waals surface area contributed by atoms with Crippen LogP contribution in [0.5, 0.6) is 0 Å². The first-order valence-corrected chi connectivity index (χ1v) is 7.83. The molecule has 21 heavy (non-hydrogen) atoms. The number of hydrogen-bond donors (Lipinski definition) is 2. The quantitative estimate of drug-likeness (QED) is 0.705. The fourth-order valence-electron chi connectivity index (χ4n) is 1.64. The molecule has 3 nitrogen and oxygen atoms in total. The van der Waals surface area contributed by atoms with Crippen molar-refractivity contribution in [3.63, 3.8) is 0 Å². The van der Waals surface area contributed by atoms with Gasteiger partial charge < -0.3 is 10.6 Å². The van der Waals surface area contributed by atoms with Crippen LogP contribution in [0, 0.1) is 0 Å². The third-order valence-corrected chi connectivity index (χ3v) is 4.09. The van der Waals surface area contributed by atoms with Crippen LogP contribution in [0.25, 0.3) is 0 Å². The molecule has 2 rings (SSSR count). The van der Waals surface area contributed by atoms with Crippen LogP contribution >= 0.6 is 50.7 Å². The van der Waals surface area contributed by atoms with Gasteiger partial charge in [-0.3, -0.25) is 4.79 Å². The van der Waals surface area contributed by atoms with Crippen LogP contribution in [0.2, 0.25) is 15.1 Å². The summed E-state index contributed by atoms with van der Waals surface area (Å²) in [5, 5.41) is 6.83. The summed E-state index contributed by atoms with van der Waals surface area (Å²) < 4.78 is 0.806. The zero-order chi connectivity index (χ0) is 15.4. The summed E-state index contributed by atoms with van der Waals surface area (Å²) in [6.45, 7) is 0.0302. The van der Waals surface area contributed by atoms with Gasteiger partial charge in [0.15, 0.2) is 0 Å². The largest absolute Gasteiger partial charge is 0.374 e. The Morgan fingerprint density at radius 2 is 1.71 bits per heavy atom. The second-order valence-electron chi connectivity index (χ2n) is 4.13. The fourth-order valence-corrected chi connectivity index (χ4v) is 2.97. The van der Waals surface area contributed by atoms with E-state index in [2.05, 4.69) is 26.6 Å². The number of para-hydroxylation sites is 1. The van der Waals surface area contributed by atoms with Gasteiger partial charge in [0, 0.05) is 9.50 Å². The normalized spacial score (nSPS) is 10.3. The van der Waals surface area contributed by atoms with E-state index in [4.69, 9.17) is 34.8 Å². The topological polar surface area (TPSA) is 41.1 Å². The molecule has 0 unspecified atom stereocenters. The van der Waals surface area contributed by atoms with E-state index in [-0.39, 0.29) is 12.5 Å². The summed E-state index contributed by atoms with van der Waals surface area (Å²) in [4.78, 5) is 11.9. The van der Waals surface area contributed by atoms with Gasteiger partial charge in [0.05, 0.1) is 28.0 Å². The number of nitrogens with one attached hydrogen (secondary N) is 2. The molecule has 0 bridgehead atoms. The SMILES string of the molecule is O=C(CNc1c(Cl)cc(Cl)cc1Cl)Nc1ccccc1Br. The zero-order valence-corrected chi connectivity index (χ0v) is 14.4. The van der Waals surface area contributed by atoms with E-state index in [1.54, 1.807) is 18.2 Å². The van der Waals surface area contributed by atoms with Crippen molar-refractivity contribution in [3.05, 3.63) is 55.9 Å². The van der Waals surface area contributed by atoms with Crippen molar-refractivity contribution in [2.75, 3.05) is 17.2 Å². The summed E-state index contributed by atoms with van der Waals surface area (Å²) in [7, 11) is 0. The molecule has 2 aromatic rings. The maximum atomic E-state index is 11.9. The molecule has 2 N–H and O–H groups in total. The van der Waals surface area contributed by atoms with Gasteiger partial charge in [0.25, 0.3) is 0 Å². The zero-order valence-electron chi connectivity index (χ0n) is 10.6. The van der Waals surface area contributed by atoms with E-state index in [0.29, 0.717) is 26.4 Å². The van der Waals surface area contributed by atoms with Gasteiger partial charge in [-0.2, -0.15) is 0 Å². The molecule has 0 radical (unpaired) electrons. The van der Waals surface area contributed by atoms with E-state index in [1.807, 2.05) is 18.2 Å². The Labute approximate surface area is 145 Å². The number of carbonyl (C=O) groups is 1. The van der Waals surface area contributed by atoms with Crippen LogP contribution in [0.4, 0.5) is 11.4 Å². The number of anilines is 2. The number of carbonyl (C=O) groups excluding carboxylic acids is 1. The van der Waals surface area contributed by atoms with Crippen molar-refractivity contribution in [1.29, 1.82) is 0 Å².